The van der Waals surface area contributed by atoms with Crippen molar-refractivity contribution >= 4 is 23.8 Å². The fraction of sp³-hybridized carbons (Fsp3) is 0.857. The highest BCUT2D eigenvalue weighted by Gasteiger charge is 2.43. The van der Waals surface area contributed by atoms with E-state index < -0.39 is 12.0 Å². The van der Waals surface area contributed by atoms with Crippen molar-refractivity contribution in [3.05, 3.63) is 0 Å². The fourth-order valence-corrected chi connectivity index (χ4v) is 3.54. The van der Waals surface area contributed by atoms with Crippen molar-refractivity contribution in [2.45, 2.75) is 49.8 Å². The summed E-state index contributed by atoms with van der Waals surface area (Å²) in [6.45, 7) is 3.27. The number of piperidine rings is 1. The zero-order chi connectivity index (χ0) is 14.8. The standard InChI is InChI=1S/C14H24N2O3S/c1-3-10-4-7-16(11(8-10)12(17)18)13(19)15-9-14(20-2)5-6-14/h10-11H,3-9H2,1-2H3,(H,15,19)(H,17,18). The highest BCUT2D eigenvalue weighted by Crippen LogP contribution is 2.46. The van der Waals surface area contributed by atoms with Gasteiger partial charge in [0, 0.05) is 17.8 Å². The van der Waals surface area contributed by atoms with E-state index in [1.54, 1.807) is 11.8 Å². The lowest BCUT2D eigenvalue weighted by Crippen LogP contribution is -2.54. The smallest absolute Gasteiger partial charge is 0.326 e. The van der Waals surface area contributed by atoms with E-state index in [0.717, 1.165) is 25.7 Å². The van der Waals surface area contributed by atoms with Crippen LogP contribution in [0.15, 0.2) is 0 Å². The van der Waals surface area contributed by atoms with E-state index in [0.29, 0.717) is 25.4 Å². The second-order valence-electron chi connectivity index (χ2n) is 5.89. The molecule has 1 saturated heterocycles. The fourth-order valence-electron chi connectivity index (χ4n) is 2.82. The number of rotatable bonds is 5. The van der Waals surface area contributed by atoms with E-state index in [9.17, 15) is 14.7 Å². The van der Waals surface area contributed by atoms with Gasteiger partial charge < -0.3 is 15.3 Å². The van der Waals surface area contributed by atoms with E-state index in [1.807, 2.05) is 0 Å². The number of urea groups is 1. The molecule has 1 aliphatic carbocycles. The molecule has 0 spiro atoms. The lowest BCUT2D eigenvalue weighted by molar-refractivity contribution is -0.144. The Morgan fingerprint density at radius 2 is 2.15 bits per heavy atom. The number of carbonyl (C=O) groups excluding carboxylic acids is 1. The third-order valence-electron chi connectivity index (χ3n) is 4.64. The SMILES string of the molecule is CCC1CCN(C(=O)NCC2(SC)CC2)C(C(=O)O)C1. The topological polar surface area (TPSA) is 69.6 Å². The van der Waals surface area contributed by atoms with Gasteiger partial charge in [0.05, 0.1) is 0 Å². The molecule has 2 rings (SSSR count). The third-order valence-corrected chi connectivity index (χ3v) is 6.06. The average Bonchev–Trinajstić information content (AvgIpc) is 3.24. The van der Waals surface area contributed by atoms with Crippen molar-refractivity contribution in [1.82, 2.24) is 10.2 Å². The molecule has 1 aliphatic heterocycles. The van der Waals surface area contributed by atoms with E-state index in [1.165, 1.54) is 4.90 Å². The minimum atomic E-state index is -0.885. The molecule has 2 atom stereocenters. The largest absolute Gasteiger partial charge is 0.480 e. The molecule has 2 fully saturated rings. The summed E-state index contributed by atoms with van der Waals surface area (Å²) in [5.74, 6) is -0.467. The first-order valence-electron chi connectivity index (χ1n) is 7.34. The first kappa shape index (κ1) is 15.5. The van der Waals surface area contributed by atoms with Crippen molar-refractivity contribution < 1.29 is 14.7 Å². The van der Waals surface area contributed by atoms with Gasteiger partial charge in [-0.15, -0.1) is 0 Å². The molecule has 2 aliphatic rings. The van der Waals surface area contributed by atoms with Crippen molar-refractivity contribution in [2.75, 3.05) is 19.3 Å². The number of nitrogens with one attached hydrogen (secondary N) is 1. The third kappa shape index (κ3) is 3.40. The van der Waals surface area contributed by atoms with Gasteiger partial charge in [-0.05, 0) is 37.9 Å². The van der Waals surface area contributed by atoms with Crippen molar-refractivity contribution in [3.63, 3.8) is 0 Å². The Labute approximate surface area is 124 Å². The number of hydrogen-bond donors (Lipinski definition) is 2. The second-order valence-corrected chi connectivity index (χ2v) is 7.17. The Morgan fingerprint density at radius 1 is 1.45 bits per heavy atom. The molecule has 2 amide bonds. The van der Waals surface area contributed by atoms with Crippen molar-refractivity contribution in [3.8, 4) is 0 Å². The summed E-state index contributed by atoms with van der Waals surface area (Å²) in [5, 5.41) is 12.3. The molecule has 0 aromatic carbocycles. The summed E-state index contributed by atoms with van der Waals surface area (Å²) in [4.78, 5) is 25.1. The molecule has 114 valence electrons. The van der Waals surface area contributed by atoms with Gasteiger partial charge in [0.1, 0.15) is 6.04 Å². The number of nitrogens with zero attached hydrogens (tertiary/aromatic N) is 1. The number of carbonyl (C=O) groups is 2. The predicted molar refractivity (Wildman–Crippen MR) is 80.0 cm³/mol. The molecular weight excluding hydrogens is 276 g/mol. The molecule has 1 heterocycles. The number of carboxylic acids is 1. The monoisotopic (exact) mass is 300 g/mol. The maximum atomic E-state index is 12.2. The Morgan fingerprint density at radius 3 is 2.65 bits per heavy atom. The molecule has 20 heavy (non-hydrogen) atoms. The van der Waals surface area contributed by atoms with Crippen LogP contribution in [0.5, 0.6) is 0 Å². The summed E-state index contributed by atoms with van der Waals surface area (Å²) in [7, 11) is 0. The Balaban J connectivity index is 1.91. The minimum absolute atomic E-state index is 0.204. The molecule has 1 saturated carbocycles. The van der Waals surface area contributed by atoms with E-state index in [4.69, 9.17) is 0 Å². The molecule has 2 N–H and O–H groups in total. The number of carboxylic acid groups (broad SMARTS) is 1. The molecule has 5 nitrogen and oxygen atoms in total. The van der Waals surface area contributed by atoms with Crippen LogP contribution in [0.1, 0.15) is 39.0 Å². The lowest BCUT2D eigenvalue weighted by atomic mass is 9.89. The van der Waals surface area contributed by atoms with Crippen molar-refractivity contribution in [2.24, 2.45) is 5.92 Å². The van der Waals surface area contributed by atoms with Gasteiger partial charge in [-0.25, -0.2) is 9.59 Å². The normalized spacial score (nSPS) is 28.0. The summed E-state index contributed by atoms with van der Waals surface area (Å²) in [6.07, 6.45) is 6.79. The molecule has 0 aromatic rings. The van der Waals surface area contributed by atoms with Gasteiger partial charge in [-0.1, -0.05) is 13.3 Å². The van der Waals surface area contributed by atoms with Gasteiger partial charge in [0.25, 0.3) is 0 Å². The lowest BCUT2D eigenvalue weighted by Gasteiger charge is -2.37. The quantitative estimate of drug-likeness (QED) is 0.816. The summed E-state index contributed by atoms with van der Waals surface area (Å²) in [5.41, 5.74) is 0. The molecule has 0 bridgehead atoms. The van der Waals surface area contributed by atoms with Crippen LogP contribution in [-0.4, -0.2) is 52.1 Å². The summed E-state index contributed by atoms with van der Waals surface area (Å²) in [6, 6.07) is -0.884. The van der Waals surface area contributed by atoms with Gasteiger partial charge >= 0.3 is 12.0 Å². The van der Waals surface area contributed by atoms with Crippen LogP contribution in [0.3, 0.4) is 0 Å². The van der Waals surface area contributed by atoms with Gasteiger partial charge in [-0.2, -0.15) is 11.8 Å². The number of hydrogen-bond acceptors (Lipinski definition) is 3. The van der Waals surface area contributed by atoms with E-state index in [2.05, 4.69) is 18.5 Å². The van der Waals surface area contributed by atoms with Crippen LogP contribution in [0, 0.1) is 5.92 Å². The minimum Gasteiger partial charge on any atom is -0.480 e. The molecular formula is C14H24N2O3S. The maximum absolute atomic E-state index is 12.2. The number of amides is 2. The van der Waals surface area contributed by atoms with Crippen LogP contribution in [0.2, 0.25) is 0 Å². The predicted octanol–water partition coefficient (Wildman–Crippen LogP) is 2.17. The Hall–Kier alpha value is -0.910. The highest BCUT2D eigenvalue weighted by molar-refractivity contribution is 8.00. The number of thioether (sulfide) groups is 1. The first-order valence-corrected chi connectivity index (χ1v) is 8.56. The zero-order valence-electron chi connectivity index (χ0n) is 12.2. The van der Waals surface area contributed by atoms with Crippen LogP contribution < -0.4 is 5.32 Å². The molecule has 0 aromatic heterocycles. The zero-order valence-corrected chi connectivity index (χ0v) is 13.0. The van der Waals surface area contributed by atoms with Gasteiger partial charge in [0.2, 0.25) is 0 Å². The maximum Gasteiger partial charge on any atom is 0.326 e. The van der Waals surface area contributed by atoms with Crippen LogP contribution in [-0.2, 0) is 4.79 Å². The first-order chi connectivity index (χ1) is 9.51. The molecule has 6 heteroatoms. The molecule has 0 radical (unpaired) electrons. The Bertz CT molecular complexity index is 385. The summed E-state index contributed by atoms with van der Waals surface area (Å²) >= 11 is 1.79. The van der Waals surface area contributed by atoms with Crippen molar-refractivity contribution in [1.29, 1.82) is 0 Å². The molecule has 2 unspecified atom stereocenters. The second kappa shape index (κ2) is 6.24. The van der Waals surface area contributed by atoms with E-state index >= 15 is 0 Å². The van der Waals surface area contributed by atoms with Crippen LogP contribution in [0.4, 0.5) is 4.79 Å². The summed E-state index contributed by atoms with van der Waals surface area (Å²) < 4.78 is 0.204. The number of likely N-dealkylation sites (tertiary alicyclic amines) is 1. The Kier molecular flexibility index (Phi) is 4.83. The van der Waals surface area contributed by atoms with Crippen LogP contribution in [0.25, 0.3) is 0 Å². The van der Waals surface area contributed by atoms with E-state index in [-0.39, 0.29) is 10.8 Å². The average molecular weight is 300 g/mol. The van der Waals surface area contributed by atoms with Gasteiger partial charge in [0.15, 0.2) is 0 Å². The highest BCUT2D eigenvalue weighted by atomic mass is 32.2. The van der Waals surface area contributed by atoms with Gasteiger partial charge in [-0.3, -0.25) is 0 Å². The van der Waals surface area contributed by atoms with Crippen LogP contribution >= 0.6 is 11.8 Å². The number of aliphatic carboxylic acids is 1.